The van der Waals surface area contributed by atoms with Crippen molar-refractivity contribution in [3.63, 3.8) is 0 Å². The maximum atomic E-state index is 12.7. The second kappa shape index (κ2) is 5.25. The van der Waals surface area contributed by atoms with Crippen LogP contribution in [0.2, 0.25) is 0 Å². The Kier molecular flexibility index (Phi) is 3.99. The van der Waals surface area contributed by atoms with E-state index < -0.39 is 17.7 Å². The number of likely N-dealkylation sites (N-methyl/N-ethyl adjacent to an activating group) is 1. The van der Waals surface area contributed by atoms with Crippen molar-refractivity contribution in [3.05, 3.63) is 30.1 Å². The van der Waals surface area contributed by atoms with E-state index in [-0.39, 0.29) is 0 Å². The Balaban J connectivity index is 2.94. The van der Waals surface area contributed by atoms with Crippen LogP contribution in [-0.4, -0.2) is 25.5 Å². The highest BCUT2D eigenvalue weighted by Crippen LogP contribution is 2.14. The van der Waals surface area contributed by atoms with Crippen LogP contribution in [0.15, 0.2) is 24.3 Å². The minimum atomic E-state index is -0.939. The van der Waals surface area contributed by atoms with Crippen LogP contribution in [0.4, 0.5) is 10.1 Å². The number of methoxy groups -OCH3 is 1. The summed E-state index contributed by atoms with van der Waals surface area (Å²) in [5, 5.41) is 0. The lowest BCUT2D eigenvalue weighted by atomic mass is 10.2. The molecule has 16 heavy (non-hydrogen) atoms. The zero-order valence-corrected chi connectivity index (χ0v) is 9.07. The molecule has 1 amide bonds. The third-order valence-corrected chi connectivity index (χ3v) is 2.06. The summed E-state index contributed by atoms with van der Waals surface area (Å²) >= 11 is 0. The smallest absolute Gasteiger partial charge is 0.397 e. The predicted octanol–water partition coefficient (Wildman–Crippen LogP) is 1.35. The molecule has 0 aliphatic heterocycles. The van der Waals surface area contributed by atoms with Gasteiger partial charge in [0.15, 0.2) is 0 Å². The SMILES string of the molecule is CCN(C(=O)C(=O)OC)c1ccc(F)cc1. The molecule has 86 valence electrons. The van der Waals surface area contributed by atoms with Gasteiger partial charge >= 0.3 is 11.9 Å². The Labute approximate surface area is 92.6 Å². The number of hydrogen-bond acceptors (Lipinski definition) is 3. The zero-order valence-electron chi connectivity index (χ0n) is 9.07. The van der Waals surface area contributed by atoms with Crippen molar-refractivity contribution in [2.75, 3.05) is 18.6 Å². The molecule has 1 rings (SSSR count). The Morgan fingerprint density at radius 3 is 2.31 bits per heavy atom. The summed E-state index contributed by atoms with van der Waals surface area (Å²) in [4.78, 5) is 23.8. The number of hydrogen-bond donors (Lipinski definition) is 0. The first-order chi connectivity index (χ1) is 7.60. The number of amides is 1. The van der Waals surface area contributed by atoms with E-state index in [0.717, 1.165) is 7.11 Å². The Bertz CT molecular complexity index is 389. The van der Waals surface area contributed by atoms with Crippen molar-refractivity contribution in [3.8, 4) is 0 Å². The highest BCUT2D eigenvalue weighted by Gasteiger charge is 2.22. The molecular weight excluding hydrogens is 213 g/mol. The first-order valence-electron chi connectivity index (χ1n) is 4.75. The number of nitrogens with zero attached hydrogens (tertiary/aromatic N) is 1. The van der Waals surface area contributed by atoms with Crippen molar-refractivity contribution in [1.29, 1.82) is 0 Å². The van der Waals surface area contributed by atoms with E-state index in [4.69, 9.17) is 0 Å². The fraction of sp³-hybridized carbons (Fsp3) is 0.273. The molecule has 0 bridgehead atoms. The number of carbonyl (C=O) groups is 2. The summed E-state index contributed by atoms with van der Waals surface area (Å²) in [6, 6.07) is 5.31. The largest absolute Gasteiger partial charge is 0.462 e. The van der Waals surface area contributed by atoms with Gasteiger partial charge in [0, 0.05) is 12.2 Å². The van der Waals surface area contributed by atoms with Crippen LogP contribution in [0.3, 0.4) is 0 Å². The summed E-state index contributed by atoms with van der Waals surface area (Å²) in [6.07, 6.45) is 0. The fourth-order valence-electron chi connectivity index (χ4n) is 1.26. The number of esters is 1. The van der Waals surface area contributed by atoms with Gasteiger partial charge in [-0.05, 0) is 31.2 Å². The second-order valence-electron chi connectivity index (χ2n) is 3.02. The van der Waals surface area contributed by atoms with Gasteiger partial charge in [-0.3, -0.25) is 4.79 Å². The highest BCUT2D eigenvalue weighted by atomic mass is 19.1. The molecule has 0 saturated carbocycles. The molecule has 0 radical (unpaired) electrons. The number of benzene rings is 1. The van der Waals surface area contributed by atoms with Crippen molar-refractivity contribution in [1.82, 2.24) is 0 Å². The molecule has 4 nitrogen and oxygen atoms in total. The van der Waals surface area contributed by atoms with E-state index in [2.05, 4.69) is 4.74 Å². The minimum Gasteiger partial charge on any atom is -0.462 e. The standard InChI is InChI=1S/C11H12FNO3/c1-3-13(10(14)11(15)16-2)9-6-4-8(12)5-7-9/h4-7H,3H2,1-2H3. The van der Waals surface area contributed by atoms with Gasteiger partial charge in [-0.2, -0.15) is 0 Å². The van der Waals surface area contributed by atoms with Crippen molar-refractivity contribution < 1.29 is 18.7 Å². The van der Waals surface area contributed by atoms with Crippen molar-refractivity contribution in [2.45, 2.75) is 6.92 Å². The van der Waals surface area contributed by atoms with Gasteiger partial charge in [-0.1, -0.05) is 0 Å². The summed E-state index contributed by atoms with van der Waals surface area (Å²) in [6.45, 7) is 2.02. The fourth-order valence-corrected chi connectivity index (χ4v) is 1.26. The second-order valence-corrected chi connectivity index (χ2v) is 3.02. The van der Waals surface area contributed by atoms with Gasteiger partial charge in [0.25, 0.3) is 0 Å². The molecule has 0 saturated heterocycles. The molecule has 0 fully saturated rings. The predicted molar refractivity (Wildman–Crippen MR) is 56.4 cm³/mol. The van der Waals surface area contributed by atoms with Crippen molar-refractivity contribution in [2.24, 2.45) is 0 Å². The zero-order chi connectivity index (χ0) is 12.1. The van der Waals surface area contributed by atoms with Crippen LogP contribution < -0.4 is 4.90 Å². The summed E-state index contributed by atoms with van der Waals surface area (Å²) < 4.78 is 17.0. The topological polar surface area (TPSA) is 46.6 Å². The Hall–Kier alpha value is -1.91. The number of halogens is 1. The molecular formula is C11H12FNO3. The molecule has 0 N–H and O–H groups in total. The van der Waals surface area contributed by atoms with Gasteiger partial charge in [-0.15, -0.1) is 0 Å². The molecule has 0 spiro atoms. The molecule has 0 unspecified atom stereocenters. The van der Waals surface area contributed by atoms with Crippen LogP contribution in [0.5, 0.6) is 0 Å². The molecule has 1 aromatic rings. The first kappa shape index (κ1) is 12.2. The molecule has 1 aromatic carbocycles. The number of anilines is 1. The monoisotopic (exact) mass is 225 g/mol. The van der Waals surface area contributed by atoms with E-state index in [0.29, 0.717) is 12.2 Å². The van der Waals surface area contributed by atoms with Gasteiger partial charge in [-0.25, -0.2) is 9.18 Å². The van der Waals surface area contributed by atoms with Crippen LogP contribution in [0, 0.1) is 5.82 Å². The number of ether oxygens (including phenoxy) is 1. The highest BCUT2D eigenvalue weighted by molar-refractivity contribution is 6.38. The average molecular weight is 225 g/mol. The number of rotatable bonds is 2. The molecule has 0 heterocycles. The summed E-state index contributed by atoms with van der Waals surface area (Å²) in [5.74, 6) is -2.10. The summed E-state index contributed by atoms with van der Waals surface area (Å²) in [7, 11) is 1.14. The van der Waals surface area contributed by atoms with E-state index >= 15 is 0 Å². The molecule has 0 atom stereocenters. The lowest BCUT2D eigenvalue weighted by Gasteiger charge is -2.19. The molecule has 0 aromatic heterocycles. The molecule has 0 aliphatic rings. The van der Waals surface area contributed by atoms with Crippen LogP contribution in [0.25, 0.3) is 0 Å². The van der Waals surface area contributed by atoms with Crippen LogP contribution >= 0.6 is 0 Å². The van der Waals surface area contributed by atoms with Crippen molar-refractivity contribution >= 4 is 17.6 Å². The van der Waals surface area contributed by atoms with Gasteiger partial charge in [0.2, 0.25) is 0 Å². The lowest BCUT2D eigenvalue weighted by molar-refractivity contribution is -0.151. The lowest BCUT2D eigenvalue weighted by Crippen LogP contribution is -2.37. The maximum absolute atomic E-state index is 12.7. The van der Waals surface area contributed by atoms with Gasteiger partial charge in [0.05, 0.1) is 7.11 Å². The third-order valence-electron chi connectivity index (χ3n) is 2.06. The summed E-state index contributed by atoms with van der Waals surface area (Å²) in [5.41, 5.74) is 0.458. The first-order valence-corrected chi connectivity index (χ1v) is 4.75. The van der Waals surface area contributed by atoms with E-state index in [1.54, 1.807) is 6.92 Å². The van der Waals surface area contributed by atoms with Gasteiger partial charge < -0.3 is 9.64 Å². The minimum absolute atomic E-state index is 0.305. The number of carbonyl (C=O) groups excluding carboxylic acids is 2. The van der Waals surface area contributed by atoms with Crippen LogP contribution in [-0.2, 0) is 14.3 Å². The molecule has 5 heteroatoms. The van der Waals surface area contributed by atoms with E-state index in [9.17, 15) is 14.0 Å². The Morgan fingerprint density at radius 2 is 1.88 bits per heavy atom. The normalized spacial score (nSPS) is 9.69. The average Bonchev–Trinajstić information content (AvgIpc) is 2.31. The van der Waals surface area contributed by atoms with Crippen LogP contribution in [0.1, 0.15) is 6.92 Å². The van der Waals surface area contributed by atoms with E-state index in [1.807, 2.05) is 0 Å². The third kappa shape index (κ3) is 2.56. The Morgan fingerprint density at radius 1 is 1.31 bits per heavy atom. The van der Waals surface area contributed by atoms with E-state index in [1.165, 1.54) is 29.2 Å². The molecule has 0 aliphatic carbocycles. The van der Waals surface area contributed by atoms with Gasteiger partial charge in [0.1, 0.15) is 5.82 Å². The quantitative estimate of drug-likeness (QED) is 0.564. The maximum Gasteiger partial charge on any atom is 0.397 e.